The predicted molar refractivity (Wildman–Crippen MR) is 101 cm³/mol. The molecule has 5 nitrogen and oxygen atoms in total. The Labute approximate surface area is 150 Å². The zero-order chi connectivity index (χ0) is 18.0. The molecule has 3 aromatic carbocycles. The van der Waals surface area contributed by atoms with Crippen molar-refractivity contribution in [3.05, 3.63) is 96.3 Å². The van der Waals surface area contributed by atoms with Gasteiger partial charge >= 0.3 is 0 Å². The van der Waals surface area contributed by atoms with Gasteiger partial charge in [-0.2, -0.15) is 0 Å². The van der Waals surface area contributed by atoms with E-state index in [1.807, 2.05) is 24.3 Å². The number of carbonyl (C=O) groups is 1. The minimum atomic E-state index is -1.82. The van der Waals surface area contributed by atoms with Crippen LogP contribution in [0.15, 0.2) is 85.2 Å². The van der Waals surface area contributed by atoms with Crippen LogP contribution in [0.4, 0.5) is 5.69 Å². The highest BCUT2D eigenvalue weighted by atomic mass is 16.3. The molecule has 0 unspecified atom stereocenters. The molecule has 0 atom stereocenters. The fraction of sp³-hybridized carbons (Fsp3) is 0.0476. The van der Waals surface area contributed by atoms with Crippen molar-refractivity contribution in [3.63, 3.8) is 0 Å². The minimum Gasteiger partial charge on any atom is -0.372 e. The van der Waals surface area contributed by atoms with E-state index in [-0.39, 0.29) is 0 Å². The maximum Gasteiger partial charge on any atom is 0.265 e. The highest BCUT2D eigenvalue weighted by molar-refractivity contribution is 6.05. The molecule has 1 heterocycles. The number of amides is 1. The first-order valence-electron chi connectivity index (χ1n) is 8.26. The molecule has 3 N–H and O–H groups in total. The quantitative estimate of drug-likeness (QED) is 0.531. The molecule has 0 radical (unpaired) electrons. The standard InChI is InChI=1S/C21H17N3O2/c25-20(24-18-13-7-12-17-19(18)23-14-22-17)21(26,15-8-3-1-4-9-15)16-10-5-2-6-11-16/h1-14,26H,(H,22,23)(H,24,25). The van der Waals surface area contributed by atoms with Crippen LogP contribution in [0, 0.1) is 0 Å². The summed E-state index contributed by atoms with van der Waals surface area (Å²) >= 11 is 0. The molecule has 0 saturated carbocycles. The number of nitrogens with one attached hydrogen (secondary N) is 2. The monoisotopic (exact) mass is 343 g/mol. The van der Waals surface area contributed by atoms with Crippen molar-refractivity contribution in [1.29, 1.82) is 0 Å². The molecule has 4 aromatic rings. The number of benzene rings is 3. The lowest BCUT2D eigenvalue weighted by Gasteiger charge is -2.28. The first-order valence-corrected chi connectivity index (χ1v) is 8.26. The molecule has 5 heteroatoms. The highest BCUT2D eigenvalue weighted by Gasteiger charge is 2.40. The fourth-order valence-electron chi connectivity index (χ4n) is 3.07. The van der Waals surface area contributed by atoms with Crippen LogP contribution < -0.4 is 5.32 Å². The van der Waals surface area contributed by atoms with Gasteiger partial charge in [-0.15, -0.1) is 0 Å². The van der Waals surface area contributed by atoms with Gasteiger partial charge in [0.2, 0.25) is 0 Å². The van der Waals surface area contributed by atoms with Crippen LogP contribution in [0.25, 0.3) is 11.0 Å². The maximum atomic E-state index is 13.2. The van der Waals surface area contributed by atoms with Gasteiger partial charge in [-0.05, 0) is 23.3 Å². The Balaban J connectivity index is 1.79. The second kappa shape index (κ2) is 6.46. The number of fused-ring (bicyclic) bond motifs is 1. The van der Waals surface area contributed by atoms with Crippen LogP contribution in [0.2, 0.25) is 0 Å². The third-order valence-corrected chi connectivity index (χ3v) is 4.41. The van der Waals surface area contributed by atoms with E-state index < -0.39 is 11.5 Å². The first kappa shape index (κ1) is 16.1. The molecule has 1 aromatic heterocycles. The number of para-hydroxylation sites is 1. The number of aromatic amines is 1. The molecular formula is C21H17N3O2. The van der Waals surface area contributed by atoms with E-state index in [4.69, 9.17) is 0 Å². The van der Waals surface area contributed by atoms with Crippen LogP contribution >= 0.6 is 0 Å². The Morgan fingerprint density at radius 1 is 0.885 bits per heavy atom. The van der Waals surface area contributed by atoms with Crippen LogP contribution in [-0.4, -0.2) is 21.0 Å². The summed E-state index contributed by atoms with van der Waals surface area (Å²) < 4.78 is 0. The van der Waals surface area contributed by atoms with Gasteiger partial charge in [0.25, 0.3) is 5.91 Å². The molecule has 1 amide bonds. The minimum absolute atomic E-state index is 0.498. The van der Waals surface area contributed by atoms with E-state index in [9.17, 15) is 9.90 Å². The van der Waals surface area contributed by atoms with Crippen LogP contribution in [0.1, 0.15) is 11.1 Å². The van der Waals surface area contributed by atoms with Crippen molar-refractivity contribution >= 4 is 22.6 Å². The smallest absolute Gasteiger partial charge is 0.265 e. The Bertz CT molecular complexity index is 1000. The van der Waals surface area contributed by atoms with Gasteiger partial charge in [0.15, 0.2) is 5.60 Å². The number of H-pyrrole nitrogens is 1. The van der Waals surface area contributed by atoms with Crippen molar-refractivity contribution in [2.45, 2.75) is 5.60 Å². The molecular weight excluding hydrogens is 326 g/mol. The number of anilines is 1. The van der Waals surface area contributed by atoms with Crippen LogP contribution in [0.5, 0.6) is 0 Å². The number of imidazole rings is 1. The summed E-state index contributed by atoms with van der Waals surface area (Å²) in [4.78, 5) is 20.5. The van der Waals surface area contributed by atoms with Gasteiger partial charge < -0.3 is 15.4 Å². The van der Waals surface area contributed by atoms with Crippen molar-refractivity contribution in [1.82, 2.24) is 9.97 Å². The van der Waals surface area contributed by atoms with E-state index in [2.05, 4.69) is 15.3 Å². The predicted octanol–water partition coefficient (Wildman–Crippen LogP) is 3.44. The molecule has 0 saturated heterocycles. The fourth-order valence-corrected chi connectivity index (χ4v) is 3.07. The summed E-state index contributed by atoms with van der Waals surface area (Å²) in [7, 11) is 0. The lowest BCUT2D eigenvalue weighted by Crippen LogP contribution is -2.41. The molecule has 0 aliphatic heterocycles. The zero-order valence-corrected chi connectivity index (χ0v) is 13.9. The van der Waals surface area contributed by atoms with Crippen molar-refractivity contribution < 1.29 is 9.90 Å². The van der Waals surface area contributed by atoms with E-state index in [0.717, 1.165) is 5.52 Å². The molecule has 0 fully saturated rings. The summed E-state index contributed by atoms with van der Waals surface area (Å²) in [6.07, 6.45) is 1.57. The van der Waals surface area contributed by atoms with Gasteiger partial charge in [0, 0.05) is 0 Å². The number of carbonyl (C=O) groups excluding carboxylic acids is 1. The zero-order valence-electron chi connectivity index (χ0n) is 13.9. The lowest BCUT2D eigenvalue weighted by atomic mass is 9.85. The van der Waals surface area contributed by atoms with Gasteiger partial charge in [0.05, 0.1) is 17.5 Å². The van der Waals surface area contributed by atoms with E-state index in [1.165, 1.54) is 0 Å². The number of hydrogen-bond acceptors (Lipinski definition) is 3. The topological polar surface area (TPSA) is 78.0 Å². The first-order chi connectivity index (χ1) is 12.7. The average molecular weight is 343 g/mol. The second-order valence-corrected chi connectivity index (χ2v) is 6.00. The number of aromatic nitrogens is 2. The summed E-state index contributed by atoms with van der Waals surface area (Å²) in [5, 5.41) is 14.3. The SMILES string of the molecule is O=C(Nc1cccc2[nH]cnc12)C(O)(c1ccccc1)c1ccccc1. The van der Waals surface area contributed by atoms with Crippen LogP contribution in [-0.2, 0) is 10.4 Å². The third-order valence-electron chi connectivity index (χ3n) is 4.41. The van der Waals surface area contributed by atoms with E-state index in [1.54, 1.807) is 60.9 Å². The summed E-state index contributed by atoms with van der Waals surface area (Å²) in [5.74, 6) is -0.537. The molecule has 4 rings (SSSR count). The maximum absolute atomic E-state index is 13.2. The molecule has 0 spiro atoms. The van der Waals surface area contributed by atoms with Crippen molar-refractivity contribution in [2.75, 3.05) is 5.32 Å². The van der Waals surface area contributed by atoms with Crippen LogP contribution in [0.3, 0.4) is 0 Å². The summed E-state index contributed by atoms with van der Waals surface area (Å²) in [6.45, 7) is 0. The summed E-state index contributed by atoms with van der Waals surface area (Å²) in [6, 6.07) is 23.3. The highest BCUT2D eigenvalue weighted by Crippen LogP contribution is 2.32. The average Bonchev–Trinajstić information content (AvgIpc) is 3.18. The molecule has 26 heavy (non-hydrogen) atoms. The molecule has 0 aliphatic carbocycles. The lowest BCUT2D eigenvalue weighted by molar-refractivity contribution is -0.131. The second-order valence-electron chi connectivity index (χ2n) is 6.00. The van der Waals surface area contributed by atoms with Gasteiger partial charge in [0.1, 0.15) is 5.52 Å². The molecule has 0 bridgehead atoms. The number of nitrogens with zero attached hydrogens (tertiary/aromatic N) is 1. The Hall–Kier alpha value is -3.44. The Morgan fingerprint density at radius 2 is 1.50 bits per heavy atom. The molecule has 128 valence electrons. The van der Waals surface area contributed by atoms with E-state index >= 15 is 0 Å². The normalized spacial score (nSPS) is 11.4. The largest absolute Gasteiger partial charge is 0.372 e. The van der Waals surface area contributed by atoms with Gasteiger partial charge in [-0.25, -0.2) is 4.98 Å². The molecule has 0 aliphatic rings. The van der Waals surface area contributed by atoms with Crippen molar-refractivity contribution in [2.24, 2.45) is 0 Å². The van der Waals surface area contributed by atoms with E-state index in [0.29, 0.717) is 22.3 Å². The third kappa shape index (κ3) is 2.64. The Kier molecular flexibility index (Phi) is 3.99. The summed E-state index contributed by atoms with van der Waals surface area (Å²) in [5.41, 5.74) is 1.17. The number of hydrogen-bond donors (Lipinski definition) is 3. The van der Waals surface area contributed by atoms with Gasteiger partial charge in [-0.3, -0.25) is 4.79 Å². The number of rotatable bonds is 4. The van der Waals surface area contributed by atoms with Crippen molar-refractivity contribution in [3.8, 4) is 0 Å². The van der Waals surface area contributed by atoms with Gasteiger partial charge in [-0.1, -0.05) is 66.7 Å². The number of aliphatic hydroxyl groups is 1. The Morgan fingerprint density at radius 3 is 2.12 bits per heavy atom.